The standard InChI is InChI=1S/C15H22O2S2/c1-4-16-15(17-5-2)11-14(18-3)12-19-13-9-7-6-8-10-13/h6-10,12,15H,4-5,11H2,1-3H3/b14-12-. The van der Waals surface area contributed by atoms with Gasteiger partial charge < -0.3 is 9.47 Å². The van der Waals surface area contributed by atoms with E-state index in [-0.39, 0.29) is 6.29 Å². The van der Waals surface area contributed by atoms with E-state index >= 15 is 0 Å². The molecular formula is C15H22O2S2. The Hall–Kier alpha value is -0.420. The van der Waals surface area contributed by atoms with Gasteiger partial charge in [0.25, 0.3) is 0 Å². The van der Waals surface area contributed by atoms with Gasteiger partial charge in [0.15, 0.2) is 6.29 Å². The lowest BCUT2D eigenvalue weighted by Crippen LogP contribution is -2.17. The van der Waals surface area contributed by atoms with Crippen LogP contribution in [0.15, 0.2) is 45.5 Å². The maximum atomic E-state index is 5.58. The molecule has 0 saturated carbocycles. The van der Waals surface area contributed by atoms with E-state index in [0.29, 0.717) is 13.2 Å². The summed E-state index contributed by atoms with van der Waals surface area (Å²) in [4.78, 5) is 2.53. The van der Waals surface area contributed by atoms with Crippen molar-refractivity contribution < 1.29 is 9.47 Å². The molecule has 1 aromatic rings. The highest BCUT2D eigenvalue weighted by atomic mass is 32.2. The summed E-state index contributed by atoms with van der Waals surface area (Å²) in [5, 5.41) is 2.19. The molecule has 0 N–H and O–H groups in total. The van der Waals surface area contributed by atoms with Crippen molar-refractivity contribution in [1.82, 2.24) is 0 Å². The number of benzene rings is 1. The van der Waals surface area contributed by atoms with Gasteiger partial charge in [-0.2, -0.15) is 0 Å². The highest BCUT2D eigenvalue weighted by Crippen LogP contribution is 2.27. The summed E-state index contributed by atoms with van der Waals surface area (Å²) in [6.45, 7) is 5.34. The minimum atomic E-state index is -0.134. The molecule has 0 atom stereocenters. The van der Waals surface area contributed by atoms with Crippen molar-refractivity contribution in [1.29, 1.82) is 0 Å². The first-order valence-corrected chi connectivity index (χ1v) is 8.58. The summed E-state index contributed by atoms with van der Waals surface area (Å²) < 4.78 is 11.2. The fourth-order valence-corrected chi connectivity index (χ4v) is 3.02. The summed E-state index contributed by atoms with van der Waals surface area (Å²) in [6.07, 6.45) is 2.76. The van der Waals surface area contributed by atoms with Crippen LogP contribution in [0.25, 0.3) is 0 Å². The molecule has 0 fully saturated rings. The van der Waals surface area contributed by atoms with Crippen LogP contribution in [0.3, 0.4) is 0 Å². The Kier molecular flexibility index (Phi) is 9.08. The summed E-state index contributed by atoms with van der Waals surface area (Å²) in [5.41, 5.74) is 0. The lowest BCUT2D eigenvalue weighted by molar-refractivity contribution is -0.133. The zero-order chi connectivity index (χ0) is 13.9. The van der Waals surface area contributed by atoms with Crippen molar-refractivity contribution in [2.45, 2.75) is 31.5 Å². The molecule has 19 heavy (non-hydrogen) atoms. The van der Waals surface area contributed by atoms with E-state index in [0.717, 1.165) is 6.42 Å². The second-order valence-electron chi connectivity index (χ2n) is 3.76. The van der Waals surface area contributed by atoms with Crippen LogP contribution in [0.4, 0.5) is 0 Å². The molecule has 106 valence electrons. The van der Waals surface area contributed by atoms with Gasteiger partial charge in [0.1, 0.15) is 0 Å². The van der Waals surface area contributed by atoms with Crippen LogP contribution in [0.1, 0.15) is 20.3 Å². The monoisotopic (exact) mass is 298 g/mol. The Morgan fingerprint density at radius 2 is 1.79 bits per heavy atom. The van der Waals surface area contributed by atoms with E-state index < -0.39 is 0 Å². The molecule has 0 aliphatic rings. The molecule has 0 amide bonds. The smallest absolute Gasteiger partial charge is 0.162 e. The number of rotatable bonds is 9. The van der Waals surface area contributed by atoms with Gasteiger partial charge in [-0.3, -0.25) is 0 Å². The number of thioether (sulfide) groups is 2. The third kappa shape index (κ3) is 7.06. The molecule has 0 unspecified atom stereocenters. The molecule has 0 aromatic heterocycles. The van der Waals surface area contributed by atoms with Crippen LogP contribution in [0.5, 0.6) is 0 Å². The molecule has 4 heteroatoms. The van der Waals surface area contributed by atoms with E-state index in [9.17, 15) is 0 Å². The minimum Gasteiger partial charge on any atom is -0.353 e. The Morgan fingerprint density at radius 3 is 2.32 bits per heavy atom. The molecule has 0 spiro atoms. The van der Waals surface area contributed by atoms with Crippen LogP contribution < -0.4 is 0 Å². The van der Waals surface area contributed by atoms with Gasteiger partial charge in [-0.25, -0.2) is 0 Å². The normalized spacial score (nSPS) is 12.1. The summed E-state index contributed by atoms with van der Waals surface area (Å²) in [7, 11) is 0. The highest BCUT2D eigenvalue weighted by molar-refractivity contribution is 8.05. The lowest BCUT2D eigenvalue weighted by Gasteiger charge is -2.17. The molecule has 0 aliphatic carbocycles. The largest absolute Gasteiger partial charge is 0.353 e. The van der Waals surface area contributed by atoms with Gasteiger partial charge in [-0.15, -0.1) is 11.8 Å². The third-order valence-electron chi connectivity index (χ3n) is 2.40. The van der Waals surface area contributed by atoms with Crippen molar-refractivity contribution in [3.05, 3.63) is 40.6 Å². The molecule has 2 nitrogen and oxygen atoms in total. The molecule has 1 aromatic carbocycles. The average molecular weight is 298 g/mol. The Balaban J connectivity index is 2.55. The van der Waals surface area contributed by atoms with Crippen LogP contribution >= 0.6 is 23.5 Å². The van der Waals surface area contributed by atoms with Crippen molar-refractivity contribution in [3.63, 3.8) is 0 Å². The Labute approximate surface area is 124 Å². The predicted octanol–water partition coefficient (Wildman–Crippen LogP) is 4.77. The quantitative estimate of drug-likeness (QED) is 0.482. The van der Waals surface area contributed by atoms with Crippen molar-refractivity contribution in [3.8, 4) is 0 Å². The van der Waals surface area contributed by atoms with Gasteiger partial charge in [-0.05, 0) is 42.5 Å². The van der Waals surface area contributed by atoms with Crippen LogP contribution in [0, 0.1) is 0 Å². The highest BCUT2D eigenvalue weighted by Gasteiger charge is 2.10. The molecular weight excluding hydrogens is 276 g/mol. The maximum absolute atomic E-state index is 5.58. The molecule has 0 radical (unpaired) electrons. The number of ether oxygens (including phenoxy) is 2. The number of hydrogen-bond acceptors (Lipinski definition) is 4. The Morgan fingerprint density at radius 1 is 1.16 bits per heavy atom. The van der Waals surface area contributed by atoms with E-state index in [4.69, 9.17) is 9.47 Å². The van der Waals surface area contributed by atoms with E-state index in [1.165, 1.54) is 9.80 Å². The SMILES string of the molecule is CCOC(C/C(=C/Sc1ccccc1)SC)OCC. The fraction of sp³-hybridized carbons (Fsp3) is 0.467. The molecule has 0 bridgehead atoms. The average Bonchev–Trinajstić information content (AvgIpc) is 2.45. The minimum absolute atomic E-state index is 0.134. The summed E-state index contributed by atoms with van der Waals surface area (Å²) in [5.74, 6) is 0. The topological polar surface area (TPSA) is 18.5 Å². The zero-order valence-electron chi connectivity index (χ0n) is 11.8. The number of hydrogen-bond donors (Lipinski definition) is 0. The first kappa shape index (κ1) is 16.6. The predicted molar refractivity (Wildman–Crippen MR) is 85.6 cm³/mol. The van der Waals surface area contributed by atoms with Gasteiger partial charge in [-0.1, -0.05) is 30.0 Å². The van der Waals surface area contributed by atoms with Gasteiger partial charge >= 0.3 is 0 Å². The summed E-state index contributed by atoms with van der Waals surface area (Å²) >= 11 is 3.49. The fourth-order valence-electron chi connectivity index (χ4n) is 1.51. The Bertz CT molecular complexity index is 360. The van der Waals surface area contributed by atoms with Gasteiger partial charge in [0, 0.05) is 24.5 Å². The third-order valence-corrected chi connectivity index (χ3v) is 4.31. The maximum Gasteiger partial charge on any atom is 0.162 e. The van der Waals surface area contributed by atoms with Crippen LogP contribution in [0.2, 0.25) is 0 Å². The zero-order valence-corrected chi connectivity index (χ0v) is 13.4. The first-order valence-electron chi connectivity index (χ1n) is 6.48. The van der Waals surface area contributed by atoms with Gasteiger partial charge in [0.2, 0.25) is 0 Å². The van der Waals surface area contributed by atoms with E-state index in [1.807, 2.05) is 19.9 Å². The molecule has 1 rings (SSSR count). The second-order valence-corrected chi connectivity index (χ2v) is 5.64. The van der Waals surface area contributed by atoms with Crippen LogP contribution in [-0.4, -0.2) is 25.8 Å². The van der Waals surface area contributed by atoms with Crippen LogP contribution in [-0.2, 0) is 9.47 Å². The molecule has 0 saturated heterocycles. The van der Waals surface area contributed by atoms with Gasteiger partial charge in [0.05, 0.1) is 0 Å². The van der Waals surface area contributed by atoms with E-state index in [2.05, 4.69) is 35.9 Å². The van der Waals surface area contributed by atoms with Crippen molar-refractivity contribution in [2.75, 3.05) is 19.5 Å². The summed E-state index contributed by atoms with van der Waals surface area (Å²) in [6, 6.07) is 10.4. The lowest BCUT2D eigenvalue weighted by atomic mass is 10.4. The second kappa shape index (κ2) is 10.4. The molecule has 0 aliphatic heterocycles. The first-order chi connectivity index (χ1) is 9.30. The van der Waals surface area contributed by atoms with Crippen molar-refractivity contribution >= 4 is 23.5 Å². The van der Waals surface area contributed by atoms with Crippen molar-refractivity contribution in [2.24, 2.45) is 0 Å². The van der Waals surface area contributed by atoms with E-state index in [1.54, 1.807) is 23.5 Å². The molecule has 0 heterocycles.